The molecule has 0 radical (unpaired) electrons. The fraction of sp³-hybridized carbons (Fsp3) is 0.333. The lowest BCUT2D eigenvalue weighted by Crippen LogP contribution is -2.01. The summed E-state index contributed by atoms with van der Waals surface area (Å²) in [5, 5.41) is 1.03. The van der Waals surface area contributed by atoms with E-state index >= 15 is 0 Å². The number of aromatic nitrogens is 1. The van der Waals surface area contributed by atoms with Gasteiger partial charge < -0.3 is 9.72 Å². The van der Waals surface area contributed by atoms with Crippen LogP contribution >= 0.6 is 0 Å². The van der Waals surface area contributed by atoms with Crippen LogP contribution < -0.4 is 0 Å². The number of hydrogen-bond acceptors (Lipinski definition) is 1. The molecular formula is C12H14FNO. The van der Waals surface area contributed by atoms with Crippen LogP contribution in [0.25, 0.3) is 10.9 Å². The van der Waals surface area contributed by atoms with Gasteiger partial charge in [0, 0.05) is 22.7 Å². The Hall–Kier alpha value is -1.35. The molecule has 2 nitrogen and oxygen atoms in total. The summed E-state index contributed by atoms with van der Waals surface area (Å²) in [5.41, 5.74) is 1.89. The summed E-state index contributed by atoms with van der Waals surface area (Å²) in [7, 11) is 0. The molecule has 0 atom stereocenters. The fourth-order valence-corrected chi connectivity index (χ4v) is 1.53. The highest BCUT2D eigenvalue weighted by Gasteiger charge is 2.05. The highest BCUT2D eigenvalue weighted by molar-refractivity contribution is 5.83. The van der Waals surface area contributed by atoms with Crippen LogP contribution in [0.2, 0.25) is 0 Å². The van der Waals surface area contributed by atoms with E-state index in [2.05, 4.69) is 4.98 Å². The molecule has 2 rings (SSSR count). The molecular weight excluding hydrogens is 193 g/mol. The lowest BCUT2D eigenvalue weighted by molar-refractivity contribution is 0.0664. The van der Waals surface area contributed by atoms with Gasteiger partial charge in [-0.25, -0.2) is 4.39 Å². The summed E-state index contributed by atoms with van der Waals surface area (Å²) in [6, 6.07) is 4.74. The molecule has 1 aromatic heterocycles. The maximum absolute atomic E-state index is 12.9. The van der Waals surface area contributed by atoms with Crippen LogP contribution in [-0.4, -0.2) is 11.1 Å². The number of fused-ring (bicyclic) bond motifs is 1. The number of rotatable bonds is 3. The average Bonchev–Trinajstić information content (AvgIpc) is 2.57. The van der Waals surface area contributed by atoms with E-state index in [9.17, 15) is 4.39 Å². The molecule has 0 aliphatic rings. The van der Waals surface area contributed by atoms with Gasteiger partial charge in [0.1, 0.15) is 5.82 Å². The Labute approximate surface area is 88.1 Å². The van der Waals surface area contributed by atoms with E-state index in [1.165, 1.54) is 12.1 Å². The molecule has 0 bridgehead atoms. The van der Waals surface area contributed by atoms with Gasteiger partial charge in [0.15, 0.2) is 0 Å². The van der Waals surface area contributed by atoms with Crippen molar-refractivity contribution in [3.8, 4) is 0 Å². The third-order valence-corrected chi connectivity index (χ3v) is 2.30. The van der Waals surface area contributed by atoms with Gasteiger partial charge in [-0.15, -0.1) is 0 Å². The van der Waals surface area contributed by atoms with Crippen molar-refractivity contribution in [3.63, 3.8) is 0 Å². The minimum atomic E-state index is -0.222. The lowest BCUT2D eigenvalue weighted by atomic mass is 10.2. The molecule has 1 N–H and O–H groups in total. The number of halogens is 1. The highest BCUT2D eigenvalue weighted by atomic mass is 19.1. The first-order chi connectivity index (χ1) is 7.16. The second-order valence-corrected chi connectivity index (χ2v) is 3.86. The zero-order valence-corrected chi connectivity index (χ0v) is 8.88. The first kappa shape index (κ1) is 10.2. The van der Waals surface area contributed by atoms with E-state index in [-0.39, 0.29) is 11.9 Å². The van der Waals surface area contributed by atoms with E-state index in [1.54, 1.807) is 6.07 Å². The molecule has 2 aromatic rings. The third-order valence-electron chi connectivity index (χ3n) is 2.30. The van der Waals surface area contributed by atoms with Gasteiger partial charge in [-0.05, 0) is 32.0 Å². The van der Waals surface area contributed by atoms with E-state index in [0.29, 0.717) is 6.61 Å². The van der Waals surface area contributed by atoms with Gasteiger partial charge in [0.2, 0.25) is 0 Å². The summed E-state index contributed by atoms with van der Waals surface area (Å²) < 4.78 is 18.4. The van der Waals surface area contributed by atoms with Gasteiger partial charge in [0.25, 0.3) is 0 Å². The molecule has 0 aliphatic heterocycles. The Morgan fingerprint density at radius 3 is 2.93 bits per heavy atom. The van der Waals surface area contributed by atoms with Gasteiger partial charge in [-0.2, -0.15) is 0 Å². The molecule has 1 aromatic carbocycles. The molecule has 15 heavy (non-hydrogen) atoms. The Morgan fingerprint density at radius 1 is 1.40 bits per heavy atom. The number of H-pyrrole nitrogens is 1. The number of nitrogens with one attached hydrogen (secondary N) is 1. The largest absolute Gasteiger partial charge is 0.374 e. The first-order valence-electron chi connectivity index (χ1n) is 5.04. The highest BCUT2D eigenvalue weighted by Crippen LogP contribution is 2.20. The van der Waals surface area contributed by atoms with Crippen molar-refractivity contribution in [2.45, 2.75) is 26.6 Å². The Kier molecular flexibility index (Phi) is 2.73. The van der Waals surface area contributed by atoms with Gasteiger partial charge >= 0.3 is 0 Å². The number of aromatic amines is 1. The molecule has 0 amide bonds. The minimum Gasteiger partial charge on any atom is -0.374 e. The molecule has 80 valence electrons. The maximum atomic E-state index is 12.9. The van der Waals surface area contributed by atoms with Gasteiger partial charge in [-0.3, -0.25) is 0 Å². The number of hydrogen-bond donors (Lipinski definition) is 1. The Morgan fingerprint density at radius 2 is 2.20 bits per heavy atom. The molecule has 1 heterocycles. The fourth-order valence-electron chi connectivity index (χ4n) is 1.53. The van der Waals surface area contributed by atoms with Crippen LogP contribution in [0, 0.1) is 5.82 Å². The second kappa shape index (κ2) is 4.03. The van der Waals surface area contributed by atoms with Crippen LogP contribution in [-0.2, 0) is 11.3 Å². The van der Waals surface area contributed by atoms with Crippen molar-refractivity contribution in [3.05, 3.63) is 35.8 Å². The summed E-state index contributed by atoms with van der Waals surface area (Å²) in [6.45, 7) is 4.55. The van der Waals surface area contributed by atoms with Crippen LogP contribution in [0.5, 0.6) is 0 Å². The molecule has 0 unspecified atom stereocenters. The van der Waals surface area contributed by atoms with E-state index in [0.717, 1.165) is 16.5 Å². The first-order valence-corrected chi connectivity index (χ1v) is 5.04. The van der Waals surface area contributed by atoms with Crippen molar-refractivity contribution in [1.29, 1.82) is 0 Å². The molecule has 0 aliphatic carbocycles. The zero-order valence-electron chi connectivity index (χ0n) is 8.88. The molecule has 0 saturated carbocycles. The van der Waals surface area contributed by atoms with E-state index in [4.69, 9.17) is 4.74 Å². The van der Waals surface area contributed by atoms with Crippen molar-refractivity contribution in [1.82, 2.24) is 4.98 Å². The smallest absolute Gasteiger partial charge is 0.125 e. The SMILES string of the molecule is CC(C)OCc1c[nH]c2cc(F)ccc12. The standard InChI is InChI=1S/C12H14FNO/c1-8(2)15-7-9-6-14-12-5-10(13)3-4-11(9)12/h3-6,8,14H,7H2,1-2H3. The predicted molar refractivity (Wildman–Crippen MR) is 58.2 cm³/mol. The van der Waals surface area contributed by atoms with Gasteiger partial charge in [-0.1, -0.05) is 0 Å². The summed E-state index contributed by atoms with van der Waals surface area (Å²) in [5.74, 6) is -0.222. The Balaban J connectivity index is 2.29. The summed E-state index contributed by atoms with van der Waals surface area (Å²) in [4.78, 5) is 3.03. The molecule has 0 fully saturated rings. The monoisotopic (exact) mass is 207 g/mol. The minimum absolute atomic E-state index is 0.204. The quantitative estimate of drug-likeness (QED) is 0.821. The molecule has 0 spiro atoms. The number of benzene rings is 1. The van der Waals surface area contributed by atoms with E-state index < -0.39 is 0 Å². The second-order valence-electron chi connectivity index (χ2n) is 3.86. The summed E-state index contributed by atoms with van der Waals surface area (Å²) in [6.07, 6.45) is 2.07. The van der Waals surface area contributed by atoms with E-state index in [1.807, 2.05) is 20.0 Å². The molecule has 3 heteroatoms. The average molecular weight is 207 g/mol. The lowest BCUT2D eigenvalue weighted by Gasteiger charge is -2.05. The number of ether oxygens (including phenoxy) is 1. The Bertz CT molecular complexity index is 462. The van der Waals surface area contributed by atoms with Crippen LogP contribution in [0.3, 0.4) is 0 Å². The maximum Gasteiger partial charge on any atom is 0.125 e. The van der Waals surface area contributed by atoms with Crippen LogP contribution in [0.4, 0.5) is 4.39 Å². The van der Waals surface area contributed by atoms with Crippen LogP contribution in [0.15, 0.2) is 24.4 Å². The molecule has 0 saturated heterocycles. The van der Waals surface area contributed by atoms with Crippen molar-refractivity contribution in [2.24, 2.45) is 0 Å². The predicted octanol–water partition coefficient (Wildman–Crippen LogP) is 3.23. The zero-order chi connectivity index (χ0) is 10.8. The topological polar surface area (TPSA) is 25.0 Å². The van der Waals surface area contributed by atoms with Crippen LogP contribution in [0.1, 0.15) is 19.4 Å². The summed E-state index contributed by atoms with van der Waals surface area (Å²) >= 11 is 0. The van der Waals surface area contributed by atoms with Crippen molar-refractivity contribution < 1.29 is 9.13 Å². The normalized spacial score (nSPS) is 11.5. The van der Waals surface area contributed by atoms with Crippen molar-refractivity contribution in [2.75, 3.05) is 0 Å². The van der Waals surface area contributed by atoms with Gasteiger partial charge in [0.05, 0.1) is 12.7 Å². The third kappa shape index (κ3) is 2.18. The van der Waals surface area contributed by atoms with Crippen molar-refractivity contribution >= 4 is 10.9 Å².